The summed E-state index contributed by atoms with van der Waals surface area (Å²) in [6.07, 6.45) is 2.84. The summed E-state index contributed by atoms with van der Waals surface area (Å²) in [5.74, 6) is 2.17. The van der Waals surface area contributed by atoms with Crippen LogP contribution in [0.3, 0.4) is 0 Å². The number of nitrogens with zero attached hydrogens (tertiary/aromatic N) is 1. The number of carbonyl (C=O) groups is 1. The number of hydrogen-bond donors (Lipinski definition) is 0. The SMILES string of the molecule is O=C(c1ccc(C2SCCCS2)cc1)N1CCC2(CC1)OCCO2. The van der Waals surface area contributed by atoms with E-state index in [0.29, 0.717) is 30.9 Å². The molecule has 0 atom stereocenters. The molecule has 3 heterocycles. The van der Waals surface area contributed by atoms with Gasteiger partial charge in [0.15, 0.2) is 5.79 Å². The van der Waals surface area contributed by atoms with Gasteiger partial charge in [0.25, 0.3) is 5.91 Å². The van der Waals surface area contributed by atoms with Crippen LogP contribution < -0.4 is 0 Å². The molecule has 4 rings (SSSR count). The number of carbonyl (C=O) groups excluding carboxylic acids is 1. The van der Waals surface area contributed by atoms with Crippen molar-refractivity contribution < 1.29 is 14.3 Å². The molecular weight excluding hydrogens is 342 g/mol. The van der Waals surface area contributed by atoms with Gasteiger partial charge >= 0.3 is 0 Å². The lowest BCUT2D eigenvalue weighted by atomic mass is 10.0. The van der Waals surface area contributed by atoms with Gasteiger partial charge in [-0.05, 0) is 35.6 Å². The van der Waals surface area contributed by atoms with Crippen molar-refractivity contribution in [3.63, 3.8) is 0 Å². The quantitative estimate of drug-likeness (QED) is 0.802. The lowest BCUT2D eigenvalue weighted by molar-refractivity contribution is -0.181. The molecule has 3 saturated heterocycles. The Bertz CT molecular complexity index is 570. The minimum Gasteiger partial charge on any atom is -0.347 e. The Kier molecular flexibility index (Phi) is 5.08. The maximum atomic E-state index is 12.7. The maximum absolute atomic E-state index is 12.7. The summed E-state index contributed by atoms with van der Waals surface area (Å²) >= 11 is 4.02. The maximum Gasteiger partial charge on any atom is 0.253 e. The summed E-state index contributed by atoms with van der Waals surface area (Å²) in [5.41, 5.74) is 2.11. The number of amides is 1. The van der Waals surface area contributed by atoms with Gasteiger partial charge in [0, 0.05) is 31.5 Å². The zero-order valence-electron chi connectivity index (χ0n) is 13.7. The average molecular weight is 366 g/mol. The zero-order chi connectivity index (χ0) is 16.4. The lowest BCUT2D eigenvalue weighted by Gasteiger charge is -2.37. The normalized spacial score (nSPS) is 24.4. The number of likely N-dealkylation sites (tertiary alicyclic amines) is 1. The van der Waals surface area contributed by atoms with Gasteiger partial charge in [0.1, 0.15) is 0 Å². The Hall–Kier alpha value is -0.690. The van der Waals surface area contributed by atoms with Gasteiger partial charge in [-0.3, -0.25) is 4.79 Å². The first-order valence-corrected chi connectivity index (χ1v) is 10.8. The highest BCUT2D eigenvalue weighted by molar-refractivity contribution is 8.16. The van der Waals surface area contributed by atoms with E-state index in [1.165, 1.54) is 23.5 Å². The van der Waals surface area contributed by atoms with E-state index in [0.717, 1.165) is 18.4 Å². The number of thioether (sulfide) groups is 2. The molecule has 1 spiro atoms. The number of rotatable bonds is 2. The standard InChI is InChI=1S/C18H23NO3S2/c20-16(19-8-6-18(7-9-19)21-10-11-22-18)14-2-4-15(5-3-14)17-23-12-1-13-24-17/h2-5,17H,1,6-13H2. The highest BCUT2D eigenvalue weighted by Crippen LogP contribution is 2.43. The largest absolute Gasteiger partial charge is 0.347 e. The molecule has 1 amide bonds. The van der Waals surface area contributed by atoms with Crippen molar-refractivity contribution in [3.8, 4) is 0 Å². The molecule has 3 aliphatic heterocycles. The first-order chi connectivity index (χ1) is 11.8. The van der Waals surface area contributed by atoms with E-state index in [1.54, 1.807) is 0 Å². The van der Waals surface area contributed by atoms with Gasteiger partial charge in [-0.1, -0.05) is 12.1 Å². The zero-order valence-corrected chi connectivity index (χ0v) is 15.4. The minimum atomic E-state index is -0.421. The van der Waals surface area contributed by atoms with Crippen LogP contribution in [0.15, 0.2) is 24.3 Å². The Morgan fingerprint density at radius 1 is 1.04 bits per heavy atom. The number of benzene rings is 1. The molecule has 0 aromatic heterocycles. The highest BCUT2D eigenvalue weighted by atomic mass is 32.2. The second kappa shape index (κ2) is 7.28. The van der Waals surface area contributed by atoms with Crippen molar-refractivity contribution in [3.05, 3.63) is 35.4 Å². The van der Waals surface area contributed by atoms with Gasteiger partial charge < -0.3 is 14.4 Å². The van der Waals surface area contributed by atoms with Crippen molar-refractivity contribution in [2.45, 2.75) is 29.6 Å². The van der Waals surface area contributed by atoms with Crippen molar-refractivity contribution >= 4 is 29.4 Å². The molecule has 1 aromatic carbocycles. The molecule has 6 heteroatoms. The molecule has 0 N–H and O–H groups in total. The molecule has 1 aromatic rings. The summed E-state index contributed by atoms with van der Waals surface area (Å²) in [4.78, 5) is 14.7. The van der Waals surface area contributed by atoms with Gasteiger partial charge in [0.05, 0.1) is 17.8 Å². The van der Waals surface area contributed by atoms with E-state index in [4.69, 9.17) is 9.47 Å². The van der Waals surface area contributed by atoms with Crippen LogP contribution in [0.5, 0.6) is 0 Å². The van der Waals surface area contributed by atoms with E-state index in [9.17, 15) is 4.79 Å². The minimum absolute atomic E-state index is 0.123. The van der Waals surface area contributed by atoms with Crippen LogP contribution in [0, 0.1) is 0 Å². The highest BCUT2D eigenvalue weighted by Gasteiger charge is 2.40. The Morgan fingerprint density at radius 2 is 1.67 bits per heavy atom. The molecular formula is C18H23NO3S2. The third kappa shape index (κ3) is 3.47. The molecule has 0 bridgehead atoms. The average Bonchev–Trinajstić information content (AvgIpc) is 3.11. The van der Waals surface area contributed by atoms with Crippen LogP contribution in [0.25, 0.3) is 0 Å². The van der Waals surface area contributed by atoms with E-state index < -0.39 is 5.79 Å². The fourth-order valence-electron chi connectivity index (χ4n) is 3.48. The summed E-state index contributed by atoms with van der Waals surface area (Å²) in [6, 6.07) is 8.22. The van der Waals surface area contributed by atoms with Crippen molar-refractivity contribution in [1.29, 1.82) is 0 Å². The number of piperidine rings is 1. The molecule has 0 saturated carbocycles. The van der Waals surface area contributed by atoms with Crippen LogP contribution in [0.2, 0.25) is 0 Å². The smallest absolute Gasteiger partial charge is 0.253 e. The summed E-state index contributed by atoms with van der Waals surface area (Å²) in [5, 5.41) is 0. The number of ether oxygens (including phenoxy) is 2. The predicted molar refractivity (Wildman–Crippen MR) is 98.5 cm³/mol. The van der Waals surface area contributed by atoms with Crippen LogP contribution in [-0.4, -0.2) is 54.4 Å². The molecule has 130 valence electrons. The van der Waals surface area contributed by atoms with Gasteiger partial charge in [-0.2, -0.15) is 0 Å². The van der Waals surface area contributed by atoms with Crippen molar-refractivity contribution in [1.82, 2.24) is 4.90 Å². The van der Waals surface area contributed by atoms with Crippen LogP contribution in [0.4, 0.5) is 0 Å². The van der Waals surface area contributed by atoms with Gasteiger partial charge in [-0.25, -0.2) is 0 Å². The Balaban J connectivity index is 1.37. The molecule has 3 aliphatic rings. The molecule has 3 fully saturated rings. The second-order valence-electron chi connectivity index (χ2n) is 6.45. The topological polar surface area (TPSA) is 38.8 Å². The van der Waals surface area contributed by atoms with Crippen LogP contribution >= 0.6 is 23.5 Å². The molecule has 0 radical (unpaired) electrons. The molecule has 24 heavy (non-hydrogen) atoms. The summed E-state index contributed by atoms with van der Waals surface area (Å²) in [7, 11) is 0. The molecule has 4 nitrogen and oxygen atoms in total. The second-order valence-corrected chi connectivity index (χ2v) is 9.17. The van der Waals surface area contributed by atoms with Crippen LogP contribution in [0.1, 0.15) is 39.8 Å². The van der Waals surface area contributed by atoms with Gasteiger partial charge in [0.2, 0.25) is 0 Å². The first-order valence-electron chi connectivity index (χ1n) is 8.66. The molecule has 0 aliphatic carbocycles. The van der Waals surface area contributed by atoms with Crippen molar-refractivity contribution in [2.24, 2.45) is 0 Å². The fourth-order valence-corrected chi connectivity index (χ4v) is 6.38. The van der Waals surface area contributed by atoms with E-state index in [-0.39, 0.29) is 5.91 Å². The summed E-state index contributed by atoms with van der Waals surface area (Å²) < 4.78 is 12.0. The summed E-state index contributed by atoms with van der Waals surface area (Å²) in [6.45, 7) is 2.75. The van der Waals surface area contributed by atoms with E-state index >= 15 is 0 Å². The van der Waals surface area contributed by atoms with Gasteiger partial charge in [-0.15, -0.1) is 23.5 Å². The monoisotopic (exact) mass is 365 g/mol. The lowest BCUT2D eigenvalue weighted by Crippen LogP contribution is -2.47. The third-order valence-electron chi connectivity index (χ3n) is 4.88. The Labute approximate surface area is 151 Å². The first kappa shape index (κ1) is 16.8. The van der Waals surface area contributed by atoms with E-state index in [2.05, 4.69) is 12.1 Å². The third-order valence-corrected chi connectivity index (χ3v) is 7.90. The fraction of sp³-hybridized carbons (Fsp3) is 0.611. The molecule has 0 unspecified atom stereocenters. The Morgan fingerprint density at radius 3 is 2.29 bits per heavy atom. The number of hydrogen-bond acceptors (Lipinski definition) is 5. The van der Waals surface area contributed by atoms with E-state index in [1.807, 2.05) is 40.6 Å². The van der Waals surface area contributed by atoms with Crippen LogP contribution in [-0.2, 0) is 9.47 Å². The predicted octanol–water partition coefficient (Wildman–Crippen LogP) is 3.53. The van der Waals surface area contributed by atoms with Crippen molar-refractivity contribution in [2.75, 3.05) is 37.8 Å².